The van der Waals surface area contributed by atoms with E-state index in [1.54, 1.807) is 40.0 Å². The molecule has 1 aromatic carbocycles. The van der Waals surface area contributed by atoms with Crippen LogP contribution in [0.15, 0.2) is 29.3 Å². The third-order valence-corrected chi connectivity index (χ3v) is 5.37. The summed E-state index contributed by atoms with van der Waals surface area (Å²) in [6.07, 6.45) is 1.07. The number of benzene rings is 1. The van der Waals surface area contributed by atoms with Gasteiger partial charge in [0.1, 0.15) is 10.8 Å². The van der Waals surface area contributed by atoms with Crippen LogP contribution in [0.1, 0.15) is 29.8 Å². The number of methoxy groups -OCH3 is 1. The molecule has 8 nitrogen and oxygen atoms in total. The average molecular weight is 433 g/mol. The first-order valence-corrected chi connectivity index (χ1v) is 10.0. The highest BCUT2D eigenvalue weighted by Crippen LogP contribution is 2.41. The number of rotatable bonds is 9. The highest BCUT2D eigenvalue weighted by atomic mass is 32.1. The Morgan fingerprint density at radius 3 is 2.13 bits per heavy atom. The summed E-state index contributed by atoms with van der Waals surface area (Å²) in [6, 6.07) is 7.18. The smallest absolute Gasteiger partial charge is 0.339 e. The van der Waals surface area contributed by atoms with Crippen LogP contribution in [0, 0.1) is 12.8 Å². The molecule has 0 aliphatic rings. The van der Waals surface area contributed by atoms with E-state index in [1.165, 1.54) is 0 Å². The quantitative estimate of drug-likeness (QED) is 0.363. The Morgan fingerprint density at radius 2 is 1.67 bits per heavy atom. The minimum atomic E-state index is -1.38. The van der Waals surface area contributed by atoms with Crippen molar-refractivity contribution in [2.24, 2.45) is 10.9 Å². The molecule has 0 atom stereocenters. The summed E-state index contributed by atoms with van der Waals surface area (Å²) in [4.78, 5) is 40.9. The van der Waals surface area contributed by atoms with E-state index in [0.717, 1.165) is 23.1 Å². The SMILES string of the molecule is CCOC(=O)C(C=Nc1sc(-c2ccc(OC)cc2)c(C)c1C(=O)O)C(=O)OCC. The summed E-state index contributed by atoms with van der Waals surface area (Å²) in [7, 11) is 1.56. The van der Waals surface area contributed by atoms with Crippen LogP contribution in [-0.4, -0.2) is 49.6 Å². The largest absolute Gasteiger partial charge is 0.497 e. The van der Waals surface area contributed by atoms with Crippen molar-refractivity contribution in [3.05, 3.63) is 35.4 Å². The molecule has 30 heavy (non-hydrogen) atoms. The molecule has 0 unspecified atom stereocenters. The molecule has 1 N–H and O–H groups in total. The van der Waals surface area contributed by atoms with Gasteiger partial charge in [-0.05, 0) is 56.2 Å². The van der Waals surface area contributed by atoms with Gasteiger partial charge < -0.3 is 19.3 Å². The zero-order valence-corrected chi connectivity index (χ0v) is 17.9. The van der Waals surface area contributed by atoms with E-state index in [9.17, 15) is 19.5 Å². The Hall–Kier alpha value is -3.20. The molecule has 0 bridgehead atoms. The molecule has 1 heterocycles. The van der Waals surface area contributed by atoms with Gasteiger partial charge in [0.15, 0.2) is 5.92 Å². The van der Waals surface area contributed by atoms with E-state index >= 15 is 0 Å². The number of aliphatic imine (C=N–C) groups is 1. The van der Waals surface area contributed by atoms with Crippen LogP contribution in [-0.2, 0) is 19.1 Å². The maximum absolute atomic E-state index is 12.1. The zero-order chi connectivity index (χ0) is 22.3. The zero-order valence-electron chi connectivity index (χ0n) is 17.1. The van der Waals surface area contributed by atoms with Gasteiger partial charge in [-0.15, -0.1) is 11.3 Å². The number of esters is 2. The minimum Gasteiger partial charge on any atom is -0.497 e. The van der Waals surface area contributed by atoms with Crippen molar-refractivity contribution in [3.8, 4) is 16.2 Å². The Bertz CT molecular complexity index is 929. The first kappa shape index (κ1) is 23.1. The predicted octanol–water partition coefficient (Wildman–Crippen LogP) is 3.88. The van der Waals surface area contributed by atoms with Gasteiger partial charge in [0.25, 0.3) is 0 Å². The van der Waals surface area contributed by atoms with Gasteiger partial charge in [-0.3, -0.25) is 9.59 Å². The lowest BCUT2D eigenvalue weighted by Gasteiger charge is -2.09. The van der Waals surface area contributed by atoms with Gasteiger partial charge in [-0.1, -0.05) is 0 Å². The van der Waals surface area contributed by atoms with Crippen molar-refractivity contribution < 1.29 is 33.7 Å². The van der Waals surface area contributed by atoms with Crippen LogP contribution in [0.3, 0.4) is 0 Å². The number of carboxylic acid groups (broad SMARTS) is 1. The number of hydrogen-bond donors (Lipinski definition) is 1. The van der Waals surface area contributed by atoms with Gasteiger partial charge in [0, 0.05) is 11.1 Å². The predicted molar refractivity (Wildman–Crippen MR) is 113 cm³/mol. The van der Waals surface area contributed by atoms with E-state index in [0.29, 0.717) is 16.2 Å². The van der Waals surface area contributed by atoms with Crippen molar-refractivity contribution in [3.63, 3.8) is 0 Å². The van der Waals surface area contributed by atoms with E-state index in [4.69, 9.17) is 14.2 Å². The van der Waals surface area contributed by atoms with E-state index in [1.807, 2.05) is 12.1 Å². The number of nitrogens with zero attached hydrogens (tertiary/aromatic N) is 1. The molecule has 2 rings (SSSR count). The van der Waals surface area contributed by atoms with Crippen molar-refractivity contribution >= 4 is 40.5 Å². The number of carboxylic acids is 1. The number of carbonyl (C=O) groups excluding carboxylic acids is 2. The van der Waals surface area contributed by atoms with Crippen LogP contribution in [0.5, 0.6) is 5.75 Å². The monoisotopic (exact) mass is 433 g/mol. The summed E-state index contributed by atoms with van der Waals surface area (Å²) < 4.78 is 15.0. The second-order valence-corrected chi connectivity index (χ2v) is 7.03. The van der Waals surface area contributed by atoms with Gasteiger partial charge in [-0.2, -0.15) is 0 Å². The lowest BCUT2D eigenvalue weighted by atomic mass is 10.1. The molecule has 0 saturated heterocycles. The topological polar surface area (TPSA) is 111 Å². The molecule has 0 aliphatic heterocycles. The van der Waals surface area contributed by atoms with Crippen LogP contribution in [0.25, 0.3) is 10.4 Å². The summed E-state index contributed by atoms with van der Waals surface area (Å²) in [5.74, 6) is -3.46. The van der Waals surface area contributed by atoms with E-state index < -0.39 is 23.8 Å². The number of thiophene rings is 1. The molecule has 0 saturated carbocycles. The molecule has 0 fully saturated rings. The summed E-state index contributed by atoms with van der Waals surface area (Å²) in [5.41, 5.74) is 1.34. The summed E-state index contributed by atoms with van der Waals surface area (Å²) in [6.45, 7) is 5.09. The molecular weight excluding hydrogens is 410 g/mol. The normalized spacial score (nSPS) is 11.0. The highest BCUT2D eigenvalue weighted by molar-refractivity contribution is 7.19. The van der Waals surface area contributed by atoms with Crippen LogP contribution in [0.4, 0.5) is 5.00 Å². The Labute approximate surface area is 178 Å². The molecule has 9 heteroatoms. The van der Waals surface area contributed by atoms with Crippen molar-refractivity contribution in [1.29, 1.82) is 0 Å². The number of carbonyl (C=O) groups is 3. The van der Waals surface area contributed by atoms with Gasteiger partial charge in [-0.25, -0.2) is 9.79 Å². The fourth-order valence-electron chi connectivity index (χ4n) is 2.68. The molecular formula is C21H23NO7S. The fourth-order valence-corrected chi connectivity index (χ4v) is 3.84. The van der Waals surface area contributed by atoms with E-state index in [-0.39, 0.29) is 23.8 Å². The third kappa shape index (κ3) is 5.24. The number of ether oxygens (including phenoxy) is 3. The maximum Gasteiger partial charge on any atom is 0.339 e. The van der Waals surface area contributed by atoms with E-state index in [2.05, 4.69) is 4.99 Å². The van der Waals surface area contributed by atoms with Crippen molar-refractivity contribution in [2.75, 3.05) is 20.3 Å². The molecule has 0 spiro atoms. The molecule has 160 valence electrons. The first-order valence-electron chi connectivity index (χ1n) is 9.22. The lowest BCUT2D eigenvalue weighted by Crippen LogP contribution is -2.29. The third-order valence-electron chi connectivity index (χ3n) is 4.12. The van der Waals surface area contributed by atoms with Crippen LogP contribution in [0.2, 0.25) is 0 Å². The molecule has 1 aromatic heterocycles. The Morgan fingerprint density at radius 1 is 1.10 bits per heavy atom. The summed E-state index contributed by atoms with van der Waals surface area (Å²) >= 11 is 1.15. The molecule has 0 radical (unpaired) electrons. The highest BCUT2D eigenvalue weighted by Gasteiger charge is 2.29. The maximum atomic E-state index is 12.1. The molecule has 0 amide bonds. The average Bonchev–Trinajstić information content (AvgIpc) is 3.05. The fraction of sp³-hybridized carbons (Fsp3) is 0.333. The Kier molecular flexibility index (Phi) is 8.11. The molecule has 0 aliphatic carbocycles. The minimum absolute atomic E-state index is 0.00790. The second-order valence-electron chi connectivity index (χ2n) is 6.03. The lowest BCUT2D eigenvalue weighted by molar-refractivity contribution is -0.157. The van der Waals surface area contributed by atoms with Crippen molar-refractivity contribution in [2.45, 2.75) is 20.8 Å². The number of aromatic carboxylic acids is 1. The van der Waals surface area contributed by atoms with Crippen molar-refractivity contribution in [1.82, 2.24) is 0 Å². The second kappa shape index (κ2) is 10.5. The van der Waals surface area contributed by atoms with Gasteiger partial charge in [0.2, 0.25) is 0 Å². The standard InChI is InChI=1S/C21H23NO7S/c1-5-28-20(25)15(21(26)29-6-2)11-22-18-16(19(23)24)12(3)17(30-18)13-7-9-14(27-4)10-8-13/h7-11,15H,5-6H2,1-4H3,(H,23,24). The Balaban J connectivity index is 2.47. The van der Waals surface area contributed by atoms with Crippen LogP contribution < -0.4 is 4.74 Å². The molecule has 2 aromatic rings. The number of hydrogen-bond acceptors (Lipinski definition) is 8. The van der Waals surface area contributed by atoms with Gasteiger partial charge in [0.05, 0.1) is 25.9 Å². The first-order chi connectivity index (χ1) is 14.3. The van der Waals surface area contributed by atoms with Gasteiger partial charge >= 0.3 is 17.9 Å². The summed E-state index contributed by atoms with van der Waals surface area (Å²) in [5, 5.41) is 9.84. The van der Waals surface area contributed by atoms with Crippen LogP contribution >= 0.6 is 11.3 Å².